The summed E-state index contributed by atoms with van der Waals surface area (Å²) >= 11 is 0. The minimum Gasteiger partial charge on any atom is -0.389 e. The van der Waals surface area contributed by atoms with E-state index in [1.807, 2.05) is 6.92 Å². The summed E-state index contributed by atoms with van der Waals surface area (Å²) in [5, 5.41) is 9.31. The minimum absolute atomic E-state index is 0.299. The summed E-state index contributed by atoms with van der Waals surface area (Å²) in [7, 11) is 0. The summed E-state index contributed by atoms with van der Waals surface area (Å²) in [5.74, 6) is 0. The maximum atomic E-state index is 9.31. The maximum Gasteiger partial charge on any atom is 0.0764 e. The summed E-state index contributed by atoms with van der Waals surface area (Å²) in [4.78, 5) is 0. The van der Waals surface area contributed by atoms with Crippen molar-refractivity contribution in [2.75, 3.05) is 13.2 Å². The highest BCUT2D eigenvalue weighted by atomic mass is 16.5. The van der Waals surface area contributed by atoms with Crippen LogP contribution in [0.2, 0.25) is 0 Å². The quantitative estimate of drug-likeness (QED) is 0.594. The van der Waals surface area contributed by atoms with E-state index in [0.717, 1.165) is 0 Å². The summed E-state index contributed by atoms with van der Waals surface area (Å²) in [6, 6.07) is -0.299. The highest BCUT2D eigenvalue weighted by molar-refractivity contribution is 4.79. The molecule has 0 heterocycles. The topological polar surface area (TPSA) is 55.5 Å². The van der Waals surface area contributed by atoms with Crippen LogP contribution in [-0.4, -0.2) is 30.0 Å². The van der Waals surface area contributed by atoms with E-state index in [4.69, 9.17) is 10.5 Å². The Morgan fingerprint density at radius 3 is 2.40 bits per heavy atom. The molecule has 3 heteroatoms. The second-order valence-corrected chi connectivity index (χ2v) is 2.92. The van der Waals surface area contributed by atoms with Gasteiger partial charge in [-0.15, -0.1) is 0 Å². The highest BCUT2D eigenvalue weighted by Crippen LogP contribution is 2.05. The van der Waals surface area contributed by atoms with Gasteiger partial charge in [-0.25, -0.2) is 0 Å². The van der Waals surface area contributed by atoms with Gasteiger partial charge in [-0.05, 0) is 20.8 Å². The zero-order chi connectivity index (χ0) is 8.20. The van der Waals surface area contributed by atoms with Crippen LogP contribution >= 0.6 is 0 Å². The van der Waals surface area contributed by atoms with Gasteiger partial charge in [0.2, 0.25) is 0 Å². The van der Waals surface area contributed by atoms with Crippen molar-refractivity contribution in [3.63, 3.8) is 0 Å². The Labute approximate surface area is 62.2 Å². The van der Waals surface area contributed by atoms with Crippen LogP contribution in [0.15, 0.2) is 0 Å². The second-order valence-electron chi connectivity index (χ2n) is 2.92. The molecule has 0 aliphatic rings. The second kappa shape index (κ2) is 3.91. The molecule has 0 amide bonds. The van der Waals surface area contributed by atoms with E-state index >= 15 is 0 Å². The van der Waals surface area contributed by atoms with Crippen LogP contribution in [0.4, 0.5) is 0 Å². The third kappa shape index (κ3) is 3.82. The molecule has 62 valence electrons. The summed E-state index contributed by atoms with van der Waals surface area (Å²) in [6.45, 7) is 6.31. The molecule has 0 saturated heterocycles. The minimum atomic E-state index is -0.838. The lowest BCUT2D eigenvalue weighted by atomic mass is 10.0. The van der Waals surface area contributed by atoms with Crippen LogP contribution in [0.1, 0.15) is 20.8 Å². The van der Waals surface area contributed by atoms with Crippen LogP contribution in [0, 0.1) is 0 Å². The van der Waals surface area contributed by atoms with Crippen molar-refractivity contribution in [2.24, 2.45) is 5.73 Å². The molecule has 0 aromatic rings. The monoisotopic (exact) mass is 147 g/mol. The third-order valence-corrected chi connectivity index (χ3v) is 1.41. The lowest BCUT2D eigenvalue weighted by molar-refractivity contribution is 0.0107. The molecular formula is C7H17NO2. The molecule has 0 aliphatic heterocycles. The Balaban J connectivity index is 3.52. The smallest absolute Gasteiger partial charge is 0.0764 e. The van der Waals surface area contributed by atoms with Gasteiger partial charge >= 0.3 is 0 Å². The third-order valence-electron chi connectivity index (χ3n) is 1.41. The fourth-order valence-corrected chi connectivity index (χ4v) is 0.449. The van der Waals surface area contributed by atoms with Crippen LogP contribution in [0.25, 0.3) is 0 Å². The molecule has 0 saturated carbocycles. The number of aliphatic hydroxyl groups is 1. The SMILES string of the molecule is CCOC[C@@H](N)C(C)(C)O. The molecule has 0 radical (unpaired) electrons. The maximum absolute atomic E-state index is 9.31. The Morgan fingerprint density at radius 1 is 1.60 bits per heavy atom. The van der Waals surface area contributed by atoms with Crippen molar-refractivity contribution in [1.29, 1.82) is 0 Å². The van der Waals surface area contributed by atoms with Crippen molar-refractivity contribution in [3.05, 3.63) is 0 Å². The van der Waals surface area contributed by atoms with E-state index in [2.05, 4.69) is 0 Å². The largest absolute Gasteiger partial charge is 0.389 e. The molecule has 0 aliphatic carbocycles. The number of rotatable bonds is 4. The van der Waals surface area contributed by atoms with Gasteiger partial charge in [0.05, 0.1) is 18.2 Å². The first kappa shape index (κ1) is 9.88. The van der Waals surface area contributed by atoms with Crippen molar-refractivity contribution in [3.8, 4) is 0 Å². The van der Waals surface area contributed by atoms with E-state index in [1.165, 1.54) is 0 Å². The average molecular weight is 147 g/mol. The standard InChI is InChI=1S/C7H17NO2/c1-4-10-5-6(8)7(2,3)9/h6,9H,4-5,8H2,1-3H3/t6-/m1/s1. The first-order valence-electron chi connectivity index (χ1n) is 3.54. The normalized spacial score (nSPS) is 15.3. The van der Waals surface area contributed by atoms with Crippen molar-refractivity contribution in [2.45, 2.75) is 32.4 Å². The van der Waals surface area contributed by atoms with Gasteiger partial charge in [-0.1, -0.05) is 0 Å². The molecule has 0 bridgehead atoms. The van der Waals surface area contributed by atoms with Crippen LogP contribution < -0.4 is 5.73 Å². The van der Waals surface area contributed by atoms with Gasteiger partial charge in [-0.2, -0.15) is 0 Å². The molecule has 3 nitrogen and oxygen atoms in total. The van der Waals surface area contributed by atoms with Gasteiger partial charge in [0.15, 0.2) is 0 Å². The molecule has 3 N–H and O–H groups in total. The first-order chi connectivity index (χ1) is 4.48. The number of hydrogen-bond donors (Lipinski definition) is 2. The van der Waals surface area contributed by atoms with Gasteiger partial charge in [0.25, 0.3) is 0 Å². The fourth-order valence-electron chi connectivity index (χ4n) is 0.449. The molecule has 0 fully saturated rings. The molecule has 0 unspecified atom stereocenters. The van der Waals surface area contributed by atoms with Crippen LogP contribution in [0.3, 0.4) is 0 Å². The lowest BCUT2D eigenvalue weighted by Crippen LogP contribution is -2.46. The van der Waals surface area contributed by atoms with Crippen LogP contribution in [-0.2, 0) is 4.74 Å². The van der Waals surface area contributed by atoms with Gasteiger partial charge < -0.3 is 15.6 Å². The summed E-state index contributed by atoms with van der Waals surface area (Å²) in [6.07, 6.45) is 0. The van der Waals surface area contributed by atoms with Crippen molar-refractivity contribution in [1.82, 2.24) is 0 Å². The summed E-state index contributed by atoms with van der Waals surface area (Å²) < 4.78 is 5.04. The van der Waals surface area contributed by atoms with Crippen molar-refractivity contribution >= 4 is 0 Å². The van der Waals surface area contributed by atoms with Gasteiger partial charge in [0, 0.05) is 6.61 Å². The molecule has 0 rings (SSSR count). The molecule has 10 heavy (non-hydrogen) atoms. The fraction of sp³-hybridized carbons (Fsp3) is 1.00. The Hall–Kier alpha value is -0.120. The Kier molecular flexibility index (Phi) is 3.86. The van der Waals surface area contributed by atoms with Gasteiger partial charge in [0.1, 0.15) is 0 Å². The number of hydrogen-bond acceptors (Lipinski definition) is 3. The van der Waals surface area contributed by atoms with E-state index < -0.39 is 5.60 Å². The Morgan fingerprint density at radius 2 is 2.10 bits per heavy atom. The predicted octanol–water partition coefficient (Wildman–Crippen LogP) is 0.121. The predicted molar refractivity (Wildman–Crippen MR) is 40.8 cm³/mol. The molecule has 0 aromatic carbocycles. The molecule has 0 spiro atoms. The van der Waals surface area contributed by atoms with Crippen LogP contribution in [0.5, 0.6) is 0 Å². The molecular weight excluding hydrogens is 130 g/mol. The van der Waals surface area contributed by atoms with E-state index in [-0.39, 0.29) is 6.04 Å². The zero-order valence-corrected chi connectivity index (χ0v) is 6.92. The molecule has 0 aromatic heterocycles. The van der Waals surface area contributed by atoms with E-state index in [9.17, 15) is 5.11 Å². The zero-order valence-electron chi connectivity index (χ0n) is 6.92. The van der Waals surface area contributed by atoms with E-state index in [1.54, 1.807) is 13.8 Å². The molecule has 1 atom stereocenters. The van der Waals surface area contributed by atoms with E-state index in [0.29, 0.717) is 13.2 Å². The van der Waals surface area contributed by atoms with Gasteiger partial charge in [-0.3, -0.25) is 0 Å². The summed E-state index contributed by atoms with van der Waals surface area (Å²) in [5.41, 5.74) is 4.72. The number of ether oxygens (including phenoxy) is 1. The lowest BCUT2D eigenvalue weighted by Gasteiger charge is -2.24. The number of nitrogens with two attached hydrogens (primary N) is 1. The highest BCUT2D eigenvalue weighted by Gasteiger charge is 2.22. The van der Waals surface area contributed by atoms with Crippen molar-refractivity contribution < 1.29 is 9.84 Å². The first-order valence-corrected chi connectivity index (χ1v) is 3.54. The Bertz CT molecular complexity index is 88.1. The average Bonchev–Trinajstić information content (AvgIpc) is 1.80.